The highest BCUT2D eigenvalue weighted by molar-refractivity contribution is 5.74. The summed E-state index contributed by atoms with van der Waals surface area (Å²) in [5.41, 5.74) is -0.585. The monoisotopic (exact) mass is 199 g/mol. The molecular formula is C11H21NO2. The second-order valence-corrected chi connectivity index (χ2v) is 4.98. The van der Waals surface area contributed by atoms with Gasteiger partial charge < -0.3 is 10.0 Å². The zero-order chi connectivity index (χ0) is 10.8. The minimum Gasteiger partial charge on any atom is -0.481 e. The summed E-state index contributed by atoms with van der Waals surface area (Å²) in [5.74, 6) is -0.384. The minimum atomic E-state index is -0.669. The third kappa shape index (κ3) is 2.47. The summed E-state index contributed by atoms with van der Waals surface area (Å²) in [4.78, 5) is 13.4. The lowest BCUT2D eigenvalue weighted by Gasteiger charge is -2.31. The number of carboxylic acid groups (broad SMARTS) is 1. The highest BCUT2D eigenvalue weighted by Gasteiger charge is 2.37. The quantitative estimate of drug-likeness (QED) is 0.737. The van der Waals surface area contributed by atoms with Crippen LogP contribution in [0, 0.1) is 11.3 Å². The normalized spacial score (nSPS) is 25.8. The summed E-state index contributed by atoms with van der Waals surface area (Å²) >= 11 is 0. The molecule has 0 aromatic heterocycles. The SMILES string of the molecule is CN1CCCCC(C(C)(C)C(=O)O)C1. The van der Waals surface area contributed by atoms with E-state index in [9.17, 15) is 4.79 Å². The average molecular weight is 199 g/mol. The van der Waals surface area contributed by atoms with Crippen LogP contribution in [-0.4, -0.2) is 36.1 Å². The van der Waals surface area contributed by atoms with Crippen LogP contribution in [0.1, 0.15) is 33.1 Å². The molecule has 1 saturated heterocycles. The molecule has 0 spiro atoms. The number of rotatable bonds is 2. The number of aliphatic carboxylic acids is 1. The number of hydrogen-bond acceptors (Lipinski definition) is 2. The van der Waals surface area contributed by atoms with Crippen LogP contribution >= 0.6 is 0 Å². The molecule has 0 aliphatic carbocycles. The average Bonchev–Trinajstić information content (AvgIpc) is 2.29. The van der Waals surface area contributed by atoms with E-state index in [1.165, 1.54) is 6.42 Å². The Morgan fingerprint density at radius 2 is 2.07 bits per heavy atom. The highest BCUT2D eigenvalue weighted by atomic mass is 16.4. The van der Waals surface area contributed by atoms with Gasteiger partial charge in [0.2, 0.25) is 0 Å². The summed E-state index contributed by atoms with van der Waals surface area (Å²) in [5, 5.41) is 9.15. The van der Waals surface area contributed by atoms with Crippen LogP contribution in [0.4, 0.5) is 0 Å². The lowest BCUT2D eigenvalue weighted by molar-refractivity contribution is -0.150. The fraction of sp³-hybridized carbons (Fsp3) is 0.909. The Morgan fingerprint density at radius 3 is 2.64 bits per heavy atom. The number of hydrogen-bond donors (Lipinski definition) is 1. The van der Waals surface area contributed by atoms with Crippen molar-refractivity contribution in [2.75, 3.05) is 20.1 Å². The molecular weight excluding hydrogens is 178 g/mol. The van der Waals surface area contributed by atoms with Gasteiger partial charge in [0.05, 0.1) is 5.41 Å². The van der Waals surface area contributed by atoms with Crippen molar-refractivity contribution in [3.05, 3.63) is 0 Å². The maximum absolute atomic E-state index is 11.1. The molecule has 0 bridgehead atoms. The Hall–Kier alpha value is -0.570. The Labute approximate surface area is 86.1 Å². The fourth-order valence-corrected chi connectivity index (χ4v) is 2.09. The zero-order valence-electron chi connectivity index (χ0n) is 9.42. The maximum atomic E-state index is 11.1. The summed E-state index contributed by atoms with van der Waals surface area (Å²) in [7, 11) is 2.08. The topological polar surface area (TPSA) is 40.5 Å². The molecule has 1 aliphatic rings. The van der Waals surface area contributed by atoms with E-state index in [0.717, 1.165) is 25.9 Å². The molecule has 1 unspecified atom stereocenters. The van der Waals surface area contributed by atoms with E-state index in [4.69, 9.17) is 5.11 Å². The van der Waals surface area contributed by atoms with Crippen molar-refractivity contribution in [1.82, 2.24) is 4.90 Å². The van der Waals surface area contributed by atoms with Crippen LogP contribution in [0.25, 0.3) is 0 Å². The summed E-state index contributed by atoms with van der Waals surface area (Å²) in [6, 6.07) is 0. The van der Waals surface area contributed by atoms with Crippen LogP contribution in [0.5, 0.6) is 0 Å². The molecule has 0 aromatic carbocycles. The van der Waals surface area contributed by atoms with Crippen molar-refractivity contribution in [3.8, 4) is 0 Å². The third-order valence-corrected chi connectivity index (χ3v) is 3.45. The van der Waals surface area contributed by atoms with Gasteiger partial charge >= 0.3 is 5.97 Å². The van der Waals surface area contributed by atoms with Gasteiger partial charge in [0.15, 0.2) is 0 Å². The molecule has 3 heteroatoms. The van der Waals surface area contributed by atoms with E-state index < -0.39 is 11.4 Å². The van der Waals surface area contributed by atoms with Gasteiger partial charge in [0.1, 0.15) is 0 Å². The minimum absolute atomic E-state index is 0.285. The molecule has 0 aromatic rings. The van der Waals surface area contributed by atoms with Crippen LogP contribution in [0.15, 0.2) is 0 Å². The van der Waals surface area contributed by atoms with E-state index in [1.807, 2.05) is 13.8 Å². The van der Waals surface area contributed by atoms with Gasteiger partial charge in [-0.15, -0.1) is 0 Å². The van der Waals surface area contributed by atoms with Crippen molar-refractivity contribution in [3.63, 3.8) is 0 Å². The molecule has 0 radical (unpaired) electrons. The van der Waals surface area contributed by atoms with E-state index in [1.54, 1.807) is 0 Å². The predicted octanol–water partition coefficient (Wildman–Crippen LogP) is 1.83. The summed E-state index contributed by atoms with van der Waals surface area (Å²) in [6.45, 7) is 5.71. The molecule has 1 rings (SSSR count). The van der Waals surface area contributed by atoms with Crippen LogP contribution in [-0.2, 0) is 4.79 Å². The van der Waals surface area contributed by atoms with Crippen LogP contribution in [0.2, 0.25) is 0 Å². The van der Waals surface area contributed by atoms with Crippen molar-refractivity contribution in [2.45, 2.75) is 33.1 Å². The fourth-order valence-electron chi connectivity index (χ4n) is 2.09. The Balaban J connectivity index is 2.69. The molecule has 1 aliphatic heterocycles. The summed E-state index contributed by atoms with van der Waals surface area (Å²) < 4.78 is 0. The van der Waals surface area contributed by atoms with Gasteiger partial charge in [-0.1, -0.05) is 6.42 Å². The molecule has 1 fully saturated rings. The summed E-state index contributed by atoms with van der Waals surface area (Å²) in [6.07, 6.45) is 3.40. The van der Waals surface area contributed by atoms with Gasteiger partial charge in [-0.05, 0) is 46.2 Å². The third-order valence-electron chi connectivity index (χ3n) is 3.45. The van der Waals surface area contributed by atoms with Crippen molar-refractivity contribution >= 4 is 5.97 Å². The predicted molar refractivity (Wildman–Crippen MR) is 56.3 cm³/mol. The Morgan fingerprint density at radius 1 is 1.43 bits per heavy atom. The maximum Gasteiger partial charge on any atom is 0.309 e. The lowest BCUT2D eigenvalue weighted by Crippen LogP contribution is -2.38. The standard InChI is InChI=1S/C11H21NO2/c1-11(2,10(13)14)9-6-4-5-7-12(3)8-9/h9H,4-8H2,1-3H3,(H,13,14). The van der Waals surface area contributed by atoms with Gasteiger partial charge in [-0.2, -0.15) is 0 Å². The first-order valence-corrected chi connectivity index (χ1v) is 5.36. The number of carboxylic acids is 1. The highest BCUT2D eigenvalue weighted by Crippen LogP contribution is 2.33. The van der Waals surface area contributed by atoms with Crippen LogP contribution in [0.3, 0.4) is 0 Å². The number of nitrogens with zero attached hydrogens (tertiary/aromatic N) is 1. The Kier molecular flexibility index (Phi) is 3.53. The first kappa shape index (κ1) is 11.5. The molecule has 14 heavy (non-hydrogen) atoms. The molecule has 3 nitrogen and oxygen atoms in total. The van der Waals surface area contributed by atoms with Crippen molar-refractivity contribution in [2.24, 2.45) is 11.3 Å². The van der Waals surface area contributed by atoms with Crippen LogP contribution < -0.4 is 0 Å². The Bertz CT molecular complexity index is 213. The number of likely N-dealkylation sites (tertiary alicyclic amines) is 1. The van der Waals surface area contributed by atoms with E-state index in [2.05, 4.69) is 11.9 Å². The largest absolute Gasteiger partial charge is 0.481 e. The van der Waals surface area contributed by atoms with E-state index in [0.29, 0.717) is 0 Å². The van der Waals surface area contributed by atoms with E-state index >= 15 is 0 Å². The molecule has 0 saturated carbocycles. The zero-order valence-corrected chi connectivity index (χ0v) is 9.42. The number of carbonyl (C=O) groups is 1. The lowest BCUT2D eigenvalue weighted by atomic mass is 9.76. The molecule has 0 amide bonds. The molecule has 1 atom stereocenters. The van der Waals surface area contributed by atoms with Gasteiger partial charge in [-0.3, -0.25) is 4.79 Å². The smallest absolute Gasteiger partial charge is 0.309 e. The van der Waals surface area contributed by atoms with Crippen molar-refractivity contribution < 1.29 is 9.90 Å². The molecule has 1 N–H and O–H groups in total. The first-order valence-electron chi connectivity index (χ1n) is 5.36. The van der Waals surface area contributed by atoms with Gasteiger partial charge in [-0.25, -0.2) is 0 Å². The molecule has 1 heterocycles. The second kappa shape index (κ2) is 4.30. The van der Waals surface area contributed by atoms with Gasteiger partial charge in [0, 0.05) is 6.54 Å². The van der Waals surface area contributed by atoms with Gasteiger partial charge in [0.25, 0.3) is 0 Å². The van der Waals surface area contributed by atoms with E-state index in [-0.39, 0.29) is 5.92 Å². The van der Waals surface area contributed by atoms with Crippen molar-refractivity contribution in [1.29, 1.82) is 0 Å². The molecule has 82 valence electrons. The first-order chi connectivity index (χ1) is 6.44. The second-order valence-electron chi connectivity index (χ2n) is 4.98.